The van der Waals surface area contributed by atoms with Gasteiger partial charge in [-0.2, -0.15) is 0 Å². The smallest absolute Gasteiger partial charge is 0.324 e. The molecule has 7 heteroatoms. The Balaban J connectivity index is 1.62. The maximum Gasteiger partial charge on any atom is 0.326 e. The Morgan fingerprint density at radius 1 is 0.935 bits per heavy atom. The van der Waals surface area contributed by atoms with Gasteiger partial charge in [-0.25, -0.2) is 4.79 Å². The van der Waals surface area contributed by atoms with E-state index < -0.39 is 23.4 Å². The van der Waals surface area contributed by atoms with Gasteiger partial charge in [0.15, 0.2) is 5.54 Å². The molecule has 2 N–H and O–H groups in total. The summed E-state index contributed by atoms with van der Waals surface area (Å²) in [6.07, 6.45) is 1.95. The van der Waals surface area contributed by atoms with Gasteiger partial charge in [0.05, 0.1) is 0 Å². The number of hydrogen-bond acceptors (Lipinski definition) is 4. The number of benzene rings is 3. The lowest BCUT2D eigenvalue weighted by Gasteiger charge is -2.28. The second-order valence-corrected chi connectivity index (χ2v) is 7.96. The largest absolute Gasteiger partial charge is 0.326 e. The normalized spacial score (nSPS) is 14.9. The van der Waals surface area contributed by atoms with Gasteiger partial charge >= 0.3 is 6.03 Å². The number of carbonyl (C=O) groups excluding carboxylic acids is 3. The Hall–Kier alpha value is -3.58. The molecule has 3 aromatic rings. The van der Waals surface area contributed by atoms with E-state index >= 15 is 0 Å². The molecule has 1 fully saturated rings. The number of rotatable bonds is 6. The molecule has 0 unspecified atom stereocenters. The summed E-state index contributed by atoms with van der Waals surface area (Å²) in [5, 5.41) is 5.61. The summed E-state index contributed by atoms with van der Waals surface area (Å²) in [7, 11) is 0. The molecule has 31 heavy (non-hydrogen) atoms. The van der Waals surface area contributed by atoms with Crippen LogP contribution in [0.1, 0.15) is 11.1 Å². The molecular weight excluding hydrogens is 410 g/mol. The van der Waals surface area contributed by atoms with Gasteiger partial charge in [0.2, 0.25) is 5.91 Å². The van der Waals surface area contributed by atoms with Crippen molar-refractivity contribution in [2.75, 3.05) is 18.1 Å². The SMILES string of the molecule is CSc1cccc(NC(=O)CN2C(=O)NC(c3ccccc3)(c3ccccc3)C2=O)c1. The van der Waals surface area contributed by atoms with Crippen molar-refractivity contribution >= 4 is 35.3 Å². The molecular formula is C24H21N3O3S. The fourth-order valence-corrected chi connectivity index (χ4v) is 4.16. The Morgan fingerprint density at radius 3 is 2.13 bits per heavy atom. The Bertz CT molecular complexity index is 1080. The molecule has 1 heterocycles. The van der Waals surface area contributed by atoms with Gasteiger partial charge < -0.3 is 10.6 Å². The highest BCUT2D eigenvalue weighted by molar-refractivity contribution is 7.98. The molecule has 1 saturated heterocycles. The Kier molecular flexibility index (Phi) is 5.77. The van der Waals surface area contributed by atoms with Gasteiger partial charge in [0.25, 0.3) is 5.91 Å². The molecule has 0 aliphatic carbocycles. The third-order valence-corrected chi connectivity index (χ3v) is 5.90. The molecule has 1 aliphatic rings. The molecule has 156 valence electrons. The van der Waals surface area contributed by atoms with E-state index in [1.165, 1.54) is 0 Å². The minimum atomic E-state index is -1.38. The van der Waals surface area contributed by atoms with Crippen LogP contribution in [0.25, 0.3) is 0 Å². The van der Waals surface area contributed by atoms with E-state index in [-0.39, 0.29) is 6.54 Å². The molecule has 4 rings (SSSR count). The van der Waals surface area contributed by atoms with Gasteiger partial charge in [-0.05, 0) is 35.6 Å². The Labute approximate surface area is 184 Å². The number of hydrogen-bond donors (Lipinski definition) is 2. The number of carbonyl (C=O) groups is 3. The first kappa shape index (κ1) is 20.7. The van der Waals surface area contributed by atoms with Crippen LogP contribution >= 0.6 is 11.8 Å². The highest BCUT2D eigenvalue weighted by atomic mass is 32.2. The number of thioether (sulfide) groups is 1. The van der Waals surface area contributed by atoms with E-state index in [9.17, 15) is 14.4 Å². The van der Waals surface area contributed by atoms with E-state index in [1.54, 1.807) is 42.1 Å². The molecule has 4 amide bonds. The predicted octanol–water partition coefficient (Wildman–Crippen LogP) is 3.84. The van der Waals surface area contributed by atoms with E-state index in [2.05, 4.69) is 10.6 Å². The number of urea groups is 1. The summed E-state index contributed by atoms with van der Waals surface area (Å²) in [5.41, 5.74) is 0.505. The Morgan fingerprint density at radius 2 is 1.55 bits per heavy atom. The summed E-state index contributed by atoms with van der Waals surface area (Å²) < 4.78 is 0. The molecule has 0 spiro atoms. The van der Waals surface area contributed by atoms with Crippen molar-refractivity contribution < 1.29 is 14.4 Å². The van der Waals surface area contributed by atoms with E-state index in [0.29, 0.717) is 16.8 Å². The van der Waals surface area contributed by atoms with Gasteiger partial charge in [0.1, 0.15) is 6.54 Å². The van der Waals surface area contributed by atoms with Crippen LogP contribution in [-0.4, -0.2) is 35.5 Å². The zero-order valence-corrected chi connectivity index (χ0v) is 17.7. The van der Waals surface area contributed by atoms with Crippen LogP contribution in [-0.2, 0) is 15.1 Å². The quantitative estimate of drug-likeness (QED) is 0.459. The monoisotopic (exact) mass is 431 g/mol. The van der Waals surface area contributed by atoms with Crippen molar-refractivity contribution in [1.82, 2.24) is 10.2 Å². The molecule has 6 nitrogen and oxygen atoms in total. The van der Waals surface area contributed by atoms with Crippen molar-refractivity contribution in [1.29, 1.82) is 0 Å². The van der Waals surface area contributed by atoms with Crippen LogP contribution in [0.2, 0.25) is 0 Å². The summed E-state index contributed by atoms with van der Waals surface area (Å²) >= 11 is 1.56. The van der Waals surface area contributed by atoms with Crippen LogP contribution in [0.3, 0.4) is 0 Å². The lowest BCUT2D eigenvalue weighted by atomic mass is 9.82. The molecule has 0 atom stereocenters. The van der Waals surface area contributed by atoms with Crippen LogP contribution in [0.5, 0.6) is 0 Å². The van der Waals surface area contributed by atoms with Crippen molar-refractivity contribution in [2.24, 2.45) is 0 Å². The minimum Gasteiger partial charge on any atom is -0.324 e. The average Bonchev–Trinajstić information content (AvgIpc) is 3.06. The van der Waals surface area contributed by atoms with Crippen LogP contribution < -0.4 is 10.6 Å². The summed E-state index contributed by atoms with van der Waals surface area (Å²) in [4.78, 5) is 41.0. The minimum absolute atomic E-state index is 0.379. The second kappa shape index (κ2) is 8.65. The van der Waals surface area contributed by atoms with Gasteiger partial charge in [-0.15, -0.1) is 11.8 Å². The van der Waals surface area contributed by atoms with Crippen LogP contribution in [0.4, 0.5) is 10.5 Å². The molecule has 0 radical (unpaired) electrons. The lowest BCUT2D eigenvalue weighted by Crippen LogP contribution is -2.45. The first-order valence-corrected chi connectivity index (χ1v) is 11.0. The van der Waals surface area contributed by atoms with E-state index in [0.717, 1.165) is 9.80 Å². The number of anilines is 1. The zero-order valence-electron chi connectivity index (χ0n) is 16.9. The molecule has 0 saturated carbocycles. The lowest BCUT2D eigenvalue weighted by molar-refractivity contribution is -0.133. The van der Waals surface area contributed by atoms with Crippen molar-refractivity contribution in [3.63, 3.8) is 0 Å². The maximum absolute atomic E-state index is 13.6. The number of imide groups is 1. The van der Waals surface area contributed by atoms with E-state index in [1.807, 2.05) is 60.9 Å². The maximum atomic E-state index is 13.6. The molecule has 3 aromatic carbocycles. The standard InChI is InChI=1S/C24H21N3O3S/c1-31-20-14-8-13-19(15-20)25-21(28)16-27-22(29)24(26-23(27)30,17-9-4-2-5-10-17)18-11-6-3-7-12-18/h2-15H,16H2,1H3,(H,25,28)(H,26,30). The number of nitrogens with zero attached hydrogens (tertiary/aromatic N) is 1. The first-order chi connectivity index (χ1) is 15.0. The highest BCUT2D eigenvalue weighted by Crippen LogP contribution is 2.35. The predicted molar refractivity (Wildman–Crippen MR) is 121 cm³/mol. The van der Waals surface area contributed by atoms with Gasteiger partial charge in [0, 0.05) is 10.6 Å². The van der Waals surface area contributed by atoms with Gasteiger partial charge in [-0.1, -0.05) is 66.7 Å². The average molecular weight is 432 g/mol. The highest BCUT2D eigenvalue weighted by Gasteiger charge is 2.54. The fourth-order valence-electron chi connectivity index (χ4n) is 3.70. The van der Waals surface area contributed by atoms with Crippen molar-refractivity contribution in [3.8, 4) is 0 Å². The van der Waals surface area contributed by atoms with Crippen LogP contribution in [0.15, 0.2) is 89.8 Å². The molecule has 0 bridgehead atoms. The summed E-state index contributed by atoms with van der Waals surface area (Å²) in [6, 6.07) is 24.9. The first-order valence-electron chi connectivity index (χ1n) is 9.73. The van der Waals surface area contributed by atoms with Crippen LogP contribution in [0, 0.1) is 0 Å². The number of nitrogens with one attached hydrogen (secondary N) is 2. The zero-order chi connectivity index (χ0) is 21.8. The third-order valence-electron chi connectivity index (χ3n) is 5.17. The third kappa shape index (κ3) is 3.92. The topological polar surface area (TPSA) is 78.5 Å². The van der Waals surface area contributed by atoms with Crippen molar-refractivity contribution in [3.05, 3.63) is 96.1 Å². The van der Waals surface area contributed by atoms with E-state index in [4.69, 9.17) is 0 Å². The number of amides is 4. The molecule has 0 aromatic heterocycles. The second-order valence-electron chi connectivity index (χ2n) is 7.08. The summed E-state index contributed by atoms with van der Waals surface area (Å²) in [6.45, 7) is -0.379. The molecule has 1 aliphatic heterocycles. The van der Waals surface area contributed by atoms with Gasteiger partial charge in [-0.3, -0.25) is 14.5 Å². The summed E-state index contributed by atoms with van der Waals surface area (Å²) in [5.74, 6) is -0.929. The fraction of sp³-hybridized carbons (Fsp3) is 0.125. The van der Waals surface area contributed by atoms with Crippen molar-refractivity contribution in [2.45, 2.75) is 10.4 Å².